The van der Waals surface area contributed by atoms with Crippen LogP contribution in [0.25, 0.3) is 0 Å². The molecule has 6 heteroatoms. The van der Waals surface area contributed by atoms with E-state index in [1.165, 1.54) is 6.07 Å². The van der Waals surface area contributed by atoms with E-state index < -0.39 is 11.6 Å². The van der Waals surface area contributed by atoms with Gasteiger partial charge < -0.3 is 14.8 Å². The van der Waals surface area contributed by atoms with Gasteiger partial charge in [-0.05, 0) is 38.5 Å². The van der Waals surface area contributed by atoms with E-state index in [0.717, 1.165) is 5.56 Å². The number of benzene rings is 1. The zero-order valence-electron chi connectivity index (χ0n) is 13.1. The minimum Gasteiger partial charge on any atom is -0.343 e. The zero-order chi connectivity index (χ0) is 15.9. The summed E-state index contributed by atoms with van der Waals surface area (Å²) in [7, 11) is 0. The predicted octanol–water partition coefficient (Wildman–Crippen LogP) is 1.91. The van der Waals surface area contributed by atoms with Gasteiger partial charge in [0.2, 0.25) is 5.91 Å². The highest BCUT2D eigenvalue weighted by Gasteiger charge is 2.46. The van der Waals surface area contributed by atoms with E-state index in [1.807, 2.05) is 25.7 Å². The molecule has 1 amide bonds. The molecule has 2 aliphatic heterocycles. The van der Waals surface area contributed by atoms with Crippen LogP contribution in [0.3, 0.4) is 0 Å². The molecule has 22 heavy (non-hydrogen) atoms. The van der Waals surface area contributed by atoms with Gasteiger partial charge in [-0.3, -0.25) is 9.69 Å². The SMILES string of the molecule is Cc1ccc(F)c(NC(=O)CN2C[C@@H]3OC(C)(C)O[C@@H]3C2)c1. The van der Waals surface area contributed by atoms with Crippen LogP contribution in [0.1, 0.15) is 19.4 Å². The number of fused-ring (bicyclic) bond motifs is 1. The topological polar surface area (TPSA) is 50.8 Å². The third kappa shape index (κ3) is 3.29. The molecule has 2 aliphatic rings. The van der Waals surface area contributed by atoms with Crippen molar-refractivity contribution in [3.05, 3.63) is 29.6 Å². The highest BCUT2D eigenvalue weighted by Crippen LogP contribution is 2.32. The highest BCUT2D eigenvalue weighted by molar-refractivity contribution is 5.92. The fraction of sp³-hybridized carbons (Fsp3) is 0.562. The van der Waals surface area contributed by atoms with Gasteiger partial charge >= 0.3 is 0 Å². The number of carbonyl (C=O) groups is 1. The number of aryl methyl sites for hydroxylation is 1. The third-order valence-electron chi connectivity index (χ3n) is 3.92. The average molecular weight is 308 g/mol. The number of rotatable bonds is 3. The van der Waals surface area contributed by atoms with Crippen LogP contribution in [-0.2, 0) is 14.3 Å². The third-order valence-corrected chi connectivity index (χ3v) is 3.92. The summed E-state index contributed by atoms with van der Waals surface area (Å²) in [5, 5.41) is 2.62. The van der Waals surface area contributed by atoms with Gasteiger partial charge in [0.1, 0.15) is 18.0 Å². The first-order valence-corrected chi connectivity index (χ1v) is 7.46. The fourth-order valence-corrected chi connectivity index (χ4v) is 3.06. The lowest BCUT2D eigenvalue weighted by atomic mass is 10.2. The number of amides is 1. The monoisotopic (exact) mass is 308 g/mol. The van der Waals surface area contributed by atoms with Crippen LogP contribution >= 0.6 is 0 Å². The Morgan fingerprint density at radius 2 is 2.00 bits per heavy atom. The molecule has 0 aliphatic carbocycles. The van der Waals surface area contributed by atoms with Gasteiger partial charge in [0.05, 0.1) is 12.2 Å². The van der Waals surface area contributed by atoms with Crippen LogP contribution < -0.4 is 5.32 Å². The molecule has 2 heterocycles. The number of likely N-dealkylation sites (tertiary alicyclic amines) is 1. The molecule has 0 spiro atoms. The molecule has 120 valence electrons. The standard InChI is InChI=1S/C16H21FN2O3/c1-10-4-5-11(17)12(6-10)18-15(20)9-19-7-13-14(8-19)22-16(2,3)21-13/h4-6,13-14H,7-9H2,1-3H3,(H,18,20)/t13-,14+. The van der Waals surface area contributed by atoms with Crippen LogP contribution in [-0.4, -0.2) is 48.4 Å². The fourth-order valence-electron chi connectivity index (χ4n) is 3.06. The second kappa shape index (κ2) is 5.61. The Bertz CT molecular complexity index is 575. The van der Waals surface area contributed by atoms with Crippen LogP contribution in [0.15, 0.2) is 18.2 Å². The first-order valence-electron chi connectivity index (χ1n) is 7.46. The van der Waals surface area contributed by atoms with E-state index in [9.17, 15) is 9.18 Å². The lowest BCUT2D eigenvalue weighted by Crippen LogP contribution is -2.35. The number of nitrogens with one attached hydrogen (secondary N) is 1. The minimum atomic E-state index is -0.547. The molecule has 1 N–H and O–H groups in total. The molecule has 0 bridgehead atoms. The first kappa shape index (κ1) is 15.4. The van der Waals surface area contributed by atoms with Crippen LogP contribution in [0.4, 0.5) is 10.1 Å². The zero-order valence-corrected chi connectivity index (χ0v) is 13.1. The summed E-state index contributed by atoms with van der Waals surface area (Å²) in [6, 6.07) is 4.65. The average Bonchev–Trinajstić information content (AvgIpc) is 2.86. The maximum atomic E-state index is 13.6. The van der Waals surface area contributed by atoms with Crippen molar-refractivity contribution >= 4 is 11.6 Å². The van der Waals surface area contributed by atoms with Gasteiger partial charge in [0, 0.05) is 13.1 Å². The van der Waals surface area contributed by atoms with Crippen molar-refractivity contribution in [2.45, 2.75) is 38.8 Å². The molecule has 3 rings (SSSR count). The van der Waals surface area contributed by atoms with Gasteiger partial charge in [-0.1, -0.05) is 6.07 Å². The molecule has 0 unspecified atom stereocenters. The Kier molecular flexibility index (Phi) is 3.92. The van der Waals surface area contributed by atoms with E-state index in [1.54, 1.807) is 12.1 Å². The van der Waals surface area contributed by atoms with Crippen molar-refractivity contribution in [2.75, 3.05) is 25.0 Å². The van der Waals surface area contributed by atoms with Crippen molar-refractivity contribution in [3.63, 3.8) is 0 Å². The molecule has 1 aromatic rings. The normalized spacial score (nSPS) is 26.9. The number of anilines is 1. The van der Waals surface area contributed by atoms with E-state index in [-0.39, 0.29) is 30.3 Å². The molecular formula is C16H21FN2O3. The summed E-state index contributed by atoms with van der Waals surface area (Å²) >= 11 is 0. The molecule has 2 fully saturated rings. The molecule has 0 radical (unpaired) electrons. The van der Waals surface area contributed by atoms with Gasteiger partial charge in [0.25, 0.3) is 0 Å². The quantitative estimate of drug-likeness (QED) is 0.927. The molecule has 2 atom stereocenters. The predicted molar refractivity (Wildman–Crippen MR) is 80.0 cm³/mol. The Balaban J connectivity index is 1.55. The van der Waals surface area contributed by atoms with E-state index in [0.29, 0.717) is 13.1 Å². The number of nitrogens with zero attached hydrogens (tertiary/aromatic N) is 1. The van der Waals surface area contributed by atoms with E-state index in [4.69, 9.17) is 9.47 Å². The lowest BCUT2D eigenvalue weighted by molar-refractivity contribution is -0.155. The van der Waals surface area contributed by atoms with Crippen molar-refractivity contribution in [3.8, 4) is 0 Å². The summed E-state index contributed by atoms with van der Waals surface area (Å²) in [5.74, 6) is -1.21. The highest BCUT2D eigenvalue weighted by atomic mass is 19.1. The maximum Gasteiger partial charge on any atom is 0.238 e. The van der Waals surface area contributed by atoms with Crippen molar-refractivity contribution in [1.82, 2.24) is 4.90 Å². The Morgan fingerprint density at radius 3 is 2.64 bits per heavy atom. The Labute approximate surface area is 129 Å². The number of carbonyl (C=O) groups excluding carboxylic acids is 1. The van der Waals surface area contributed by atoms with Crippen LogP contribution in [0.5, 0.6) is 0 Å². The first-order chi connectivity index (χ1) is 10.3. The number of hydrogen-bond acceptors (Lipinski definition) is 4. The largest absolute Gasteiger partial charge is 0.343 e. The summed E-state index contributed by atoms with van der Waals surface area (Å²) < 4.78 is 25.2. The molecule has 0 aromatic heterocycles. The Morgan fingerprint density at radius 1 is 1.36 bits per heavy atom. The molecule has 2 saturated heterocycles. The number of hydrogen-bond donors (Lipinski definition) is 1. The Hall–Kier alpha value is -1.50. The van der Waals surface area contributed by atoms with E-state index in [2.05, 4.69) is 5.32 Å². The van der Waals surface area contributed by atoms with Crippen LogP contribution in [0, 0.1) is 12.7 Å². The molecule has 5 nitrogen and oxygen atoms in total. The van der Waals surface area contributed by atoms with Crippen molar-refractivity contribution in [1.29, 1.82) is 0 Å². The van der Waals surface area contributed by atoms with Crippen LogP contribution in [0.2, 0.25) is 0 Å². The lowest BCUT2D eigenvalue weighted by Gasteiger charge is -2.22. The summed E-state index contributed by atoms with van der Waals surface area (Å²) in [4.78, 5) is 14.0. The van der Waals surface area contributed by atoms with Gasteiger partial charge in [-0.2, -0.15) is 0 Å². The van der Waals surface area contributed by atoms with Gasteiger partial charge in [-0.25, -0.2) is 4.39 Å². The molecule has 1 aromatic carbocycles. The molecule has 0 saturated carbocycles. The second-order valence-corrected chi connectivity index (χ2v) is 6.44. The summed E-state index contributed by atoms with van der Waals surface area (Å²) in [6.07, 6.45) is -0.00277. The number of halogens is 1. The van der Waals surface area contributed by atoms with Gasteiger partial charge in [0.15, 0.2) is 5.79 Å². The van der Waals surface area contributed by atoms with Crippen molar-refractivity contribution in [2.24, 2.45) is 0 Å². The smallest absolute Gasteiger partial charge is 0.238 e. The summed E-state index contributed by atoms with van der Waals surface area (Å²) in [6.45, 7) is 7.14. The maximum absolute atomic E-state index is 13.6. The molecular weight excluding hydrogens is 287 g/mol. The van der Waals surface area contributed by atoms with Gasteiger partial charge in [-0.15, -0.1) is 0 Å². The van der Waals surface area contributed by atoms with E-state index >= 15 is 0 Å². The summed E-state index contributed by atoms with van der Waals surface area (Å²) in [5.41, 5.74) is 1.12. The second-order valence-electron chi connectivity index (χ2n) is 6.44. The number of ether oxygens (including phenoxy) is 2. The van der Waals surface area contributed by atoms with Crippen molar-refractivity contribution < 1.29 is 18.7 Å². The minimum absolute atomic E-state index is 0.00138.